The summed E-state index contributed by atoms with van der Waals surface area (Å²) in [5.41, 5.74) is 1.96. The Morgan fingerprint density at radius 2 is 2.25 bits per heavy atom. The molecule has 1 aliphatic rings. The molecule has 0 saturated heterocycles. The third kappa shape index (κ3) is 3.02. The van der Waals surface area contributed by atoms with Gasteiger partial charge in [-0.25, -0.2) is 4.79 Å². The van der Waals surface area contributed by atoms with Crippen LogP contribution in [0.2, 0.25) is 0 Å². The second kappa shape index (κ2) is 6.37. The van der Waals surface area contributed by atoms with Crippen LogP contribution in [-0.2, 0) is 27.3 Å². The minimum absolute atomic E-state index is 0.190. The van der Waals surface area contributed by atoms with E-state index in [4.69, 9.17) is 4.74 Å². The molecular formula is C14H16BrNO4. The van der Waals surface area contributed by atoms with E-state index < -0.39 is 12.0 Å². The smallest absolute Gasteiger partial charge is 0.326 e. The van der Waals surface area contributed by atoms with Crippen molar-refractivity contribution in [3.63, 3.8) is 0 Å². The highest BCUT2D eigenvalue weighted by Gasteiger charge is 2.34. The van der Waals surface area contributed by atoms with Crippen molar-refractivity contribution in [2.75, 3.05) is 13.7 Å². The second-order valence-corrected chi connectivity index (χ2v) is 5.55. The Kier molecular flexibility index (Phi) is 4.77. The number of carbonyl (C=O) groups is 2. The number of halogens is 1. The first-order valence-corrected chi connectivity index (χ1v) is 7.11. The number of nitrogens with zero attached hydrogens (tertiary/aromatic N) is 1. The molecule has 108 valence electrons. The van der Waals surface area contributed by atoms with E-state index in [2.05, 4.69) is 15.9 Å². The van der Waals surface area contributed by atoms with Gasteiger partial charge in [-0.3, -0.25) is 4.79 Å². The van der Waals surface area contributed by atoms with E-state index in [1.165, 1.54) is 12.0 Å². The molecule has 0 fully saturated rings. The number of rotatable bonds is 4. The maximum absolute atomic E-state index is 12.1. The number of hydrogen-bond donors (Lipinski definition) is 1. The lowest BCUT2D eigenvalue weighted by Gasteiger charge is -2.35. The summed E-state index contributed by atoms with van der Waals surface area (Å²) in [5, 5.41) is 9.36. The maximum atomic E-state index is 12.1. The summed E-state index contributed by atoms with van der Waals surface area (Å²) in [4.78, 5) is 25.0. The van der Waals surface area contributed by atoms with E-state index in [9.17, 15) is 14.7 Å². The summed E-state index contributed by atoms with van der Waals surface area (Å²) < 4.78 is 5.78. The van der Waals surface area contributed by atoms with Crippen LogP contribution in [-0.4, -0.2) is 41.6 Å². The second-order valence-electron chi connectivity index (χ2n) is 4.70. The van der Waals surface area contributed by atoms with Crippen molar-refractivity contribution >= 4 is 27.8 Å². The summed E-state index contributed by atoms with van der Waals surface area (Å²) in [6.07, 6.45) is 0.522. The lowest BCUT2D eigenvalue weighted by molar-refractivity contribution is -0.151. The highest BCUT2D eigenvalue weighted by molar-refractivity contribution is 9.10. The first kappa shape index (κ1) is 15.0. The maximum Gasteiger partial charge on any atom is 0.326 e. The molecule has 0 saturated carbocycles. The van der Waals surface area contributed by atoms with Gasteiger partial charge >= 0.3 is 5.97 Å². The zero-order valence-corrected chi connectivity index (χ0v) is 12.7. The molecule has 1 unspecified atom stereocenters. The van der Waals surface area contributed by atoms with E-state index in [1.807, 2.05) is 18.2 Å². The van der Waals surface area contributed by atoms with Crippen molar-refractivity contribution in [1.82, 2.24) is 4.90 Å². The lowest BCUT2D eigenvalue weighted by atomic mass is 9.93. The van der Waals surface area contributed by atoms with Crippen LogP contribution in [0.25, 0.3) is 0 Å². The molecule has 1 aromatic carbocycles. The number of hydrogen-bond acceptors (Lipinski definition) is 3. The number of amides is 1. The molecule has 5 nitrogen and oxygen atoms in total. The van der Waals surface area contributed by atoms with E-state index in [-0.39, 0.29) is 12.3 Å². The van der Waals surface area contributed by atoms with Crippen LogP contribution in [0.4, 0.5) is 0 Å². The van der Waals surface area contributed by atoms with Crippen molar-refractivity contribution in [3.05, 3.63) is 33.8 Å². The van der Waals surface area contributed by atoms with E-state index in [1.54, 1.807) is 0 Å². The fourth-order valence-electron chi connectivity index (χ4n) is 2.39. The number of fused-ring (bicyclic) bond motifs is 1. The van der Waals surface area contributed by atoms with Gasteiger partial charge in [-0.2, -0.15) is 0 Å². The van der Waals surface area contributed by atoms with Crippen molar-refractivity contribution in [2.45, 2.75) is 25.4 Å². The van der Waals surface area contributed by atoms with Gasteiger partial charge in [0, 0.05) is 24.5 Å². The molecule has 1 atom stereocenters. The Morgan fingerprint density at radius 3 is 2.90 bits per heavy atom. The molecular weight excluding hydrogens is 326 g/mol. The van der Waals surface area contributed by atoms with Crippen molar-refractivity contribution in [3.8, 4) is 0 Å². The number of carboxylic acid groups (broad SMARTS) is 1. The van der Waals surface area contributed by atoms with Crippen LogP contribution in [0, 0.1) is 0 Å². The molecule has 20 heavy (non-hydrogen) atoms. The standard InChI is InChI=1S/C14H16BrNO4/c1-20-6-5-13(17)16-8-9-3-2-4-11(15)10(9)7-12(16)14(18)19/h2-4,12H,5-8H2,1H3,(H,18,19). The fourth-order valence-corrected chi connectivity index (χ4v) is 2.96. The van der Waals surface area contributed by atoms with Gasteiger partial charge in [0.05, 0.1) is 13.0 Å². The highest BCUT2D eigenvalue weighted by atomic mass is 79.9. The van der Waals surface area contributed by atoms with Crippen LogP contribution in [0.3, 0.4) is 0 Å². The summed E-state index contributed by atoms with van der Waals surface area (Å²) in [6.45, 7) is 0.626. The highest BCUT2D eigenvalue weighted by Crippen LogP contribution is 2.29. The Bertz CT molecular complexity index is 532. The molecule has 6 heteroatoms. The zero-order chi connectivity index (χ0) is 14.7. The number of ether oxygens (including phenoxy) is 1. The van der Waals surface area contributed by atoms with Crippen LogP contribution in [0.5, 0.6) is 0 Å². The topological polar surface area (TPSA) is 66.8 Å². The number of methoxy groups -OCH3 is 1. The quantitative estimate of drug-likeness (QED) is 0.907. The number of aliphatic carboxylic acids is 1. The average molecular weight is 342 g/mol. The van der Waals surface area contributed by atoms with Gasteiger partial charge in [0.1, 0.15) is 6.04 Å². The lowest BCUT2D eigenvalue weighted by Crippen LogP contribution is -2.48. The molecule has 1 heterocycles. The molecule has 0 radical (unpaired) electrons. The van der Waals surface area contributed by atoms with E-state index in [0.717, 1.165) is 15.6 Å². The third-order valence-electron chi connectivity index (χ3n) is 3.46. The SMILES string of the molecule is COCCC(=O)N1Cc2cccc(Br)c2CC1C(=O)O. The Hall–Kier alpha value is -1.40. The Morgan fingerprint density at radius 1 is 1.50 bits per heavy atom. The number of carbonyl (C=O) groups excluding carboxylic acids is 1. The van der Waals surface area contributed by atoms with E-state index >= 15 is 0 Å². The van der Waals surface area contributed by atoms with Crippen LogP contribution < -0.4 is 0 Å². The van der Waals surface area contributed by atoms with Gasteiger partial charge in [-0.1, -0.05) is 28.1 Å². The van der Waals surface area contributed by atoms with Gasteiger partial charge in [0.25, 0.3) is 0 Å². The minimum Gasteiger partial charge on any atom is -0.480 e. The summed E-state index contributed by atoms with van der Waals surface area (Å²) in [5.74, 6) is -1.16. The van der Waals surface area contributed by atoms with Gasteiger partial charge in [-0.15, -0.1) is 0 Å². The average Bonchev–Trinajstić information content (AvgIpc) is 2.43. The van der Waals surface area contributed by atoms with Crippen LogP contribution >= 0.6 is 15.9 Å². The molecule has 0 aromatic heterocycles. The predicted molar refractivity (Wildman–Crippen MR) is 76.3 cm³/mol. The largest absolute Gasteiger partial charge is 0.480 e. The van der Waals surface area contributed by atoms with Crippen LogP contribution in [0.1, 0.15) is 17.5 Å². The monoisotopic (exact) mass is 341 g/mol. The molecule has 1 aromatic rings. The first-order valence-electron chi connectivity index (χ1n) is 6.32. The van der Waals surface area contributed by atoms with Crippen molar-refractivity contribution in [1.29, 1.82) is 0 Å². The van der Waals surface area contributed by atoms with Gasteiger partial charge in [-0.05, 0) is 17.2 Å². The Balaban J connectivity index is 2.28. The fraction of sp³-hybridized carbons (Fsp3) is 0.429. The Labute approximate surface area is 125 Å². The number of carboxylic acids is 1. The summed E-state index contributed by atoms with van der Waals surface area (Å²) in [6, 6.07) is 4.89. The van der Waals surface area contributed by atoms with Crippen molar-refractivity contribution < 1.29 is 19.4 Å². The molecule has 0 bridgehead atoms. The predicted octanol–water partition coefficient (Wildman–Crippen LogP) is 1.82. The summed E-state index contributed by atoms with van der Waals surface area (Å²) >= 11 is 3.44. The minimum atomic E-state index is -0.975. The number of benzene rings is 1. The molecule has 2 rings (SSSR count). The molecule has 1 amide bonds. The summed E-state index contributed by atoms with van der Waals surface area (Å²) in [7, 11) is 1.52. The molecule has 0 spiro atoms. The molecule has 0 aliphatic carbocycles. The van der Waals surface area contributed by atoms with E-state index in [0.29, 0.717) is 19.6 Å². The normalized spacial score (nSPS) is 17.7. The first-order chi connectivity index (χ1) is 9.54. The van der Waals surface area contributed by atoms with Crippen molar-refractivity contribution in [2.24, 2.45) is 0 Å². The molecule has 1 aliphatic heterocycles. The van der Waals surface area contributed by atoms with Crippen LogP contribution in [0.15, 0.2) is 22.7 Å². The zero-order valence-electron chi connectivity index (χ0n) is 11.1. The van der Waals surface area contributed by atoms with Gasteiger partial charge in [0.15, 0.2) is 0 Å². The van der Waals surface area contributed by atoms with Gasteiger partial charge in [0.2, 0.25) is 5.91 Å². The third-order valence-corrected chi connectivity index (χ3v) is 4.20. The van der Waals surface area contributed by atoms with Gasteiger partial charge < -0.3 is 14.7 Å². The molecule has 1 N–H and O–H groups in total.